The molecule has 0 aliphatic carbocycles. The first kappa shape index (κ1) is 16.5. The molecule has 2 aromatic rings. The van der Waals surface area contributed by atoms with E-state index >= 15 is 0 Å². The quantitative estimate of drug-likeness (QED) is 0.826. The third-order valence-electron chi connectivity index (χ3n) is 3.39. The molecule has 22 heavy (non-hydrogen) atoms. The Kier molecular flexibility index (Phi) is 5.56. The van der Waals surface area contributed by atoms with Crippen LogP contribution in [0.4, 0.5) is 4.39 Å². The van der Waals surface area contributed by atoms with Crippen LogP contribution in [-0.2, 0) is 0 Å². The lowest BCUT2D eigenvalue weighted by Gasteiger charge is -2.21. The largest absolute Gasteiger partial charge is 0.345 e. The molecule has 0 aromatic heterocycles. The average molecular weight is 320 g/mol. The number of halogens is 2. The molecule has 0 heterocycles. The van der Waals surface area contributed by atoms with Gasteiger partial charge in [-0.15, -0.1) is 0 Å². The second-order valence-corrected chi connectivity index (χ2v) is 6.13. The maximum Gasteiger partial charge on any atom is 0.254 e. The fourth-order valence-corrected chi connectivity index (χ4v) is 2.50. The lowest BCUT2D eigenvalue weighted by atomic mass is 9.96. The fraction of sp³-hybridized carbons (Fsp3) is 0.278. The van der Waals surface area contributed by atoms with Gasteiger partial charge in [-0.1, -0.05) is 55.8 Å². The minimum absolute atomic E-state index is 0.00841. The third kappa shape index (κ3) is 4.31. The lowest BCUT2D eigenvalue weighted by molar-refractivity contribution is 0.0928. The lowest BCUT2D eigenvalue weighted by Crippen LogP contribution is -2.30. The van der Waals surface area contributed by atoms with Gasteiger partial charge in [-0.05, 0) is 36.1 Å². The monoisotopic (exact) mass is 319 g/mol. The van der Waals surface area contributed by atoms with Gasteiger partial charge in [0.15, 0.2) is 0 Å². The fourth-order valence-electron chi connectivity index (χ4n) is 2.34. The molecule has 1 unspecified atom stereocenters. The van der Waals surface area contributed by atoms with Gasteiger partial charge < -0.3 is 5.32 Å². The summed E-state index contributed by atoms with van der Waals surface area (Å²) in [5.74, 6) is -0.634. The molecule has 2 nitrogen and oxygen atoms in total. The van der Waals surface area contributed by atoms with E-state index in [2.05, 4.69) is 19.2 Å². The van der Waals surface area contributed by atoms with Crippen LogP contribution in [0.25, 0.3) is 0 Å². The standard InChI is InChI=1S/C18H19ClFNO/c1-12(2)10-17(13-6-4-3-5-7-13)21-18(22)15-9-8-14(19)11-16(15)20/h3-9,11-12,17H,10H2,1-2H3,(H,21,22). The van der Waals surface area contributed by atoms with Gasteiger partial charge >= 0.3 is 0 Å². The zero-order valence-corrected chi connectivity index (χ0v) is 13.4. The summed E-state index contributed by atoms with van der Waals surface area (Å²) in [4.78, 5) is 12.3. The molecule has 0 spiro atoms. The van der Waals surface area contributed by atoms with Crippen molar-refractivity contribution in [3.8, 4) is 0 Å². The first-order valence-corrected chi connectivity index (χ1v) is 7.66. The summed E-state index contributed by atoms with van der Waals surface area (Å²) in [5, 5.41) is 3.19. The maximum atomic E-state index is 13.9. The second-order valence-electron chi connectivity index (χ2n) is 5.69. The molecule has 0 fully saturated rings. The van der Waals surface area contributed by atoms with Gasteiger partial charge in [-0.2, -0.15) is 0 Å². The third-order valence-corrected chi connectivity index (χ3v) is 3.63. The summed E-state index contributed by atoms with van der Waals surface area (Å²) < 4.78 is 13.9. The molecule has 4 heteroatoms. The number of carbonyl (C=O) groups is 1. The Balaban J connectivity index is 2.21. The summed E-state index contributed by atoms with van der Waals surface area (Å²) in [5.41, 5.74) is 1.02. The molecular weight excluding hydrogens is 301 g/mol. The molecule has 1 amide bonds. The number of hydrogen-bond acceptors (Lipinski definition) is 1. The van der Waals surface area contributed by atoms with Crippen molar-refractivity contribution in [2.24, 2.45) is 5.92 Å². The highest BCUT2D eigenvalue weighted by molar-refractivity contribution is 6.30. The van der Waals surface area contributed by atoms with Crippen LogP contribution in [0.1, 0.15) is 42.2 Å². The minimum Gasteiger partial charge on any atom is -0.345 e. The highest BCUT2D eigenvalue weighted by atomic mass is 35.5. The maximum absolute atomic E-state index is 13.9. The van der Waals surface area contributed by atoms with Crippen LogP contribution >= 0.6 is 11.6 Å². The van der Waals surface area contributed by atoms with E-state index in [1.807, 2.05) is 30.3 Å². The van der Waals surface area contributed by atoms with E-state index < -0.39 is 11.7 Å². The van der Waals surface area contributed by atoms with Crippen molar-refractivity contribution in [1.29, 1.82) is 0 Å². The number of carbonyl (C=O) groups excluding carboxylic acids is 1. The highest BCUT2D eigenvalue weighted by Crippen LogP contribution is 2.22. The van der Waals surface area contributed by atoms with Gasteiger partial charge in [0.25, 0.3) is 5.91 Å². The highest BCUT2D eigenvalue weighted by Gasteiger charge is 2.19. The number of nitrogens with one attached hydrogen (secondary N) is 1. The minimum atomic E-state index is -0.610. The van der Waals surface area contributed by atoms with Gasteiger partial charge in [0, 0.05) is 5.02 Å². The Bertz CT molecular complexity index is 643. The van der Waals surface area contributed by atoms with Crippen LogP contribution in [0.2, 0.25) is 5.02 Å². The molecule has 2 aromatic carbocycles. The number of hydrogen-bond donors (Lipinski definition) is 1. The van der Waals surface area contributed by atoms with Crippen molar-refractivity contribution in [2.45, 2.75) is 26.3 Å². The summed E-state index contributed by atoms with van der Waals surface area (Å²) >= 11 is 5.72. The molecule has 0 radical (unpaired) electrons. The van der Waals surface area contributed by atoms with Crippen LogP contribution in [0, 0.1) is 11.7 Å². The molecule has 0 aliphatic rings. The predicted molar refractivity (Wildman–Crippen MR) is 87.5 cm³/mol. The van der Waals surface area contributed by atoms with Crippen molar-refractivity contribution >= 4 is 17.5 Å². The molecule has 116 valence electrons. The normalized spacial score (nSPS) is 12.2. The summed E-state index contributed by atoms with van der Waals surface area (Å²) in [6.07, 6.45) is 0.783. The molecule has 0 bridgehead atoms. The van der Waals surface area contributed by atoms with Crippen molar-refractivity contribution < 1.29 is 9.18 Å². The van der Waals surface area contributed by atoms with E-state index in [0.29, 0.717) is 5.92 Å². The summed E-state index contributed by atoms with van der Waals surface area (Å²) in [7, 11) is 0. The van der Waals surface area contributed by atoms with Crippen molar-refractivity contribution in [2.75, 3.05) is 0 Å². The van der Waals surface area contributed by atoms with Gasteiger partial charge in [0.2, 0.25) is 0 Å². The average Bonchev–Trinajstić information content (AvgIpc) is 2.46. The Morgan fingerprint density at radius 1 is 1.18 bits per heavy atom. The first-order chi connectivity index (χ1) is 10.5. The number of rotatable bonds is 5. The van der Waals surface area contributed by atoms with Crippen molar-refractivity contribution in [1.82, 2.24) is 5.32 Å². The number of benzene rings is 2. The number of amides is 1. The Morgan fingerprint density at radius 2 is 1.86 bits per heavy atom. The molecule has 0 aliphatic heterocycles. The summed E-state index contributed by atoms with van der Waals surface area (Å²) in [6, 6.07) is 13.6. The molecular formula is C18H19ClFNO. The van der Waals surface area contributed by atoms with Gasteiger partial charge in [-0.3, -0.25) is 4.79 Å². The molecule has 1 atom stereocenters. The topological polar surface area (TPSA) is 29.1 Å². The van der Waals surface area contributed by atoms with E-state index in [0.717, 1.165) is 18.1 Å². The van der Waals surface area contributed by atoms with Crippen LogP contribution in [0.15, 0.2) is 48.5 Å². The van der Waals surface area contributed by atoms with Crippen LogP contribution in [0.3, 0.4) is 0 Å². The molecule has 0 saturated carbocycles. The summed E-state index contributed by atoms with van der Waals surface area (Å²) in [6.45, 7) is 4.18. The van der Waals surface area contributed by atoms with Crippen LogP contribution in [0.5, 0.6) is 0 Å². The molecule has 0 saturated heterocycles. The molecule has 2 rings (SSSR count). The Morgan fingerprint density at radius 3 is 2.45 bits per heavy atom. The molecule has 1 N–H and O–H groups in total. The van der Waals surface area contributed by atoms with E-state index in [9.17, 15) is 9.18 Å². The Hall–Kier alpha value is -1.87. The second kappa shape index (κ2) is 7.41. The van der Waals surface area contributed by atoms with Crippen LogP contribution in [-0.4, -0.2) is 5.91 Å². The smallest absolute Gasteiger partial charge is 0.254 e. The van der Waals surface area contributed by atoms with E-state index in [1.165, 1.54) is 12.1 Å². The SMILES string of the molecule is CC(C)CC(NC(=O)c1ccc(Cl)cc1F)c1ccccc1. The van der Waals surface area contributed by atoms with Gasteiger partial charge in [0.1, 0.15) is 5.82 Å². The van der Waals surface area contributed by atoms with Crippen molar-refractivity contribution in [3.05, 3.63) is 70.5 Å². The zero-order valence-electron chi connectivity index (χ0n) is 12.6. The first-order valence-electron chi connectivity index (χ1n) is 7.28. The van der Waals surface area contributed by atoms with Crippen molar-refractivity contribution in [3.63, 3.8) is 0 Å². The predicted octanol–water partition coefficient (Wildman–Crippen LogP) is 5.00. The van der Waals surface area contributed by atoms with E-state index in [4.69, 9.17) is 11.6 Å². The zero-order chi connectivity index (χ0) is 16.1. The Labute approximate surface area is 135 Å². The van der Waals surface area contributed by atoms with Gasteiger partial charge in [-0.25, -0.2) is 4.39 Å². The van der Waals surface area contributed by atoms with E-state index in [1.54, 1.807) is 0 Å². The van der Waals surface area contributed by atoms with E-state index in [-0.39, 0.29) is 16.6 Å². The van der Waals surface area contributed by atoms with Crippen LogP contribution < -0.4 is 5.32 Å². The van der Waals surface area contributed by atoms with Gasteiger partial charge in [0.05, 0.1) is 11.6 Å².